The first kappa shape index (κ1) is 10.2. The van der Waals surface area contributed by atoms with Crippen LogP contribution in [0.4, 0.5) is 0 Å². The van der Waals surface area contributed by atoms with E-state index in [1.54, 1.807) is 12.2 Å². The van der Waals surface area contributed by atoms with E-state index in [0.717, 1.165) is 0 Å². The van der Waals surface area contributed by atoms with Crippen LogP contribution in [0.5, 0.6) is 0 Å². The summed E-state index contributed by atoms with van der Waals surface area (Å²) in [5, 5.41) is 17.2. The van der Waals surface area contributed by atoms with Gasteiger partial charge in [-0.1, -0.05) is 19.1 Å². The molecule has 0 fully saturated rings. The zero-order chi connectivity index (χ0) is 8.69. The van der Waals surface area contributed by atoms with Gasteiger partial charge in [0.25, 0.3) is 0 Å². The van der Waals surface area contributed by atoms with E-state index in [9.17, 15) is 4.79 Å². The van der Waals surface area contributed by atoms with Crippen molar-refractivity contribution < 1.29 is 15.0 Å². The van der Waals surface area contributed by atoms with Crippen LogP contribution in [0.3, 0.4) is 0 Å². The molecule has 64 valence electrons. The summed E-state index contributed by atoms with van der Waals surface area (Å²) >= 11 is 0. The third kappa shape index (κ3) is 7.06. The fourth-order valence-electron chi connectivity index (χ4n) is 0.604. The van der Waals surface area contributed by atoms with Gasteiger partial charge in [-0.05, 0) is 12.8 Å². The van der Waals surface area contributed by atoms with Gasteiger partial charge >= 0.3 is 5.97 Å². The molecule has 0 spiro atoms. The first-order chi connectivity index (χ1) is 5.16. The quantitative estimate of drug-likeness (QED) is 0.590. The van der Waals surface area contributed by atoms with Crippen molar-refractivity contribution in [3.05, 3.63) is 12.2 Å². The summed E-state index contributed by atoms with van der Waals surface area (Å²) in [6.45, 7) is 1.88. The van der Waals surface area contributed by atoms with Crippen LogP contribution in [0.1, 0.15) is 26.2 Å². The minimum absolute atomic E-state index is 0.0381. The number of aliphatic hydroxyl groups excluding tert-OH is 1. The van der Waals surface area contributed by atoms with Crippen LogP contribution in [0, 0.1) is 0 Å². The van der Waals surface area contributed by atoms with E-state index < -0.39 is 5.97 Å². The fourth-order valence-corrected chi connectivity index (χ4v) is 0.604. The summed E-state index contributed by atoms with van der Waals surface area (Å²) in [6, 6.07) is 0. The molecule has 0 heterocycles. The van der Waals surface area contributed by atoms with Crippen molar-refractivity contribution in [1.82, 2.24) is 0 Å². The predicted molar refractivity (Wildman–Crippen MR) is 42.3 cm³/mol. The molecule has 0 aromatic rings. The molecular formula is C8H14O3. The molecular weight excluding hydrogens is 144 g/mol. The number of hydrogen-bond acceptors (Lipinski definition) is 2. The SMILES string of the molecule is CCC(O)CC=CCC(=O)O. The topological polar surface area (TPSA) is 57.5 Å². The molecule has 0 saturated carbocycles. The van der Waals surface area contributed by atoms with E-state index in [0.29, 0.717) is 12.8 Å². The highest BCUT2D eigenvalue weighted by atomic mass is 16.4. The molecule has 3 heteroatoms. The van der Waals surface area contributed by atoms with E-state index in [4.69, 9.17) is 10.2 Å². The highest BCUT2D eigenvalue weighted by molar-refractivity contribution is 5.68. The van der Waals surface area contributed by atoms with Crippen molar-refractivity contribution in [2.45, 2.75) is 32.3 Å². The van der Waals surface area contributed by atoms with Gasteiger partial charge in [0.2, 0.25) is 0 Å². The van der Waals surface area contributed by atoms with Crippen molar-refractivity contribution in [3.8, 4) is 0 Å². The Morgan fingerprint density at radius 2 is 2.18 bits per heavy atom. The highest BCUT2D eigenvalue weighted by Gasteiger charge is 1.95. The number of aliphatic hydroxyl groups is 1. The molecule has 11 heavy (non-hydrogen) atoms. The Labute approximate surface area is 66.4 Å². The minimum atomic E-state index is -0.841. The minimum Gasteiger partial charge on any atom is -0.481 e. The Hall–Kier alpha value is -0.830. The van der Waals surface area contributed by atoms with Crippen LogP contribution in [0.2, 0.25) is 0 Å². The van der Waals surface area contributed by atoms with E-state index in [-0.39, 0.29) is 12.5 Å². The summed E-state index contributed by atoms with van der Waals surface area (Å²) in [4.78, 5) is 10.00. The molecule has 0 saturated heterocycles. The summed E-state index contributed by atoms with van der Waals surface area (Å²) in [5.41, 5.74) is 0. The zero-order valence-electron chi connectivity index (χ0n) is 6.66. The molecule has 1 atom stereocenters. The number of aliphatic carboxylic acids is 1. The summed E-state index contributed by atoms with van der Waals surface area (Å²) in [5.74, 6) is -0.841. The van der Waals surface area contributed by atoms with Crippen LogP contribution in [-0.4, -0.2) is 22.3 Å². The molecule has 0 aromatic heterocycles. The second-order valence-electron chi connectivity index (χ2n) is 2.37. The lowest BCUT2D eigenvalue weighted by molar-refractivity contribution is -0.136. The van der Waals surface area contributed by atoms with Crippen LogP contribution in [-0.2, 0) is 4.79 Å². The molecule has 0 aliphatic heterocycles. The highest BCUT2D eigenvalue weighted by Crippen LogP contribution is 1.97. The van der Waals surface area contributed by atoms with Crippen molar-refractivity contribution in [2.24, 2.45) is 0 Å². The standard InChI is InChI=1S/C8H14O3/c1-2-7(9)5-3-4-6-8(10)11/h3-4,7,9H,2,5-6H2,1H3,(H,10,11). The second kappa shape index (κ2) is 5.92. The summed E-state index contributed by atoms with van der Waals surface area (Å²) < 4.78 is 0. The number of carbonyl (C=O) groups is 1. The van der Waals surface area contributed by atoms with Gasteiger partial charge < -0.3 is 10.2 Å². The molecule has 2 N–H and O–H groups in total. The maximum Gasteiger partial charge on any atom is 0.307 e. The van der Waals surface area contributed by atoms with E-state index in [1.807, 2.05) is 6.92 Å². The zero-order valence-corrected chi connectivity index (χ0v) is 6.66. The van der Waals surface area contributed by atoms with Crippen molar-refractivity contribution in [3.63, 3.8) is 0 Å². The number of carboxylic acid groups (broad SMARTS) is 1. The third-order valence-corrected chi connectivity index (χ3v) is 1.34. The number of rotatable bonds is 5. The molecule has 0 aliphatic carbocycles. The summed E-state index contributed by atoms with van der Waals surface area (Å²) in [7, 11) is 0. The largest absolute Gasteiger partial charge is 0.481 e. The van der Waals surface area contributed by atoms with Crippen molar-refractivity contribution in [1.29, 1.82) is 0 Å². The molecule has 0 rings (SSSR count). The second-order valence-corrected chi connectivity index (χ2v) is 2.37. The van der Waals surface area contributed by atoms with Crippen LogP contribution >= 0.6 is 0 Å². The maximum absolute atomic E-state index is 10.00. The molecule has 0 bridgehead atoms. The van der Waals surface area contributed by atoms with Crippen molar-refractivity contribution >= 4 is 5.97 Å². The lowest BCUT2D eigenvalue weighted by Gasteiger charge is -2.00. The Balaban J connectivity index is 3.36. The van der Waals surface area contributed by atoms with Gasteiger partial charge in [0.1, 0.15) is 0 Å². The van der Waals surface area contributed by atoms with Gasteiger partial charge in [-0.3, -0.25) is 4.79 Å². The van der Waals surface area contributed by atoms with Gasteiger partial charge in [0.05, 0.1) is 12.5 Å². The molecule has 0 aliphatic rings. The monoisotopic (exact) mass is 158 g/mol. The smallest absolute Gasteiger partial charge is 0.307 e. The normalized spacial score (nSPS) is 13.6. The van der Waals surface area contributed by atoms with Gasteiger partial charge in [-0.25, -0.2) is 0 Å². The lowest BCUT2D eigenvalue weighted by Crippen LogP contribution is -2.01. The average Bonchev–Trinajstić information content (AvgIpc) is 1.97. The van der Waals surface area contributed by atoms with E-state index >= 15 is 0 Å². The Kier molecular flexibility index (Phi) is 5.47. The maximum atomic E-state index is 10.00. The Morgan fingerprint density at radius 1 is 1.55 bits per heavy atom. The molecule has 1 unspecified atom stereocenters. The van der Waals surface area contributed by atoms with Crippen molar-refractivity contribution in [2.75, 3.05) is 0 Å². The first-order valence-corrected chi connectivity index (χ1v) is 3.71. The number of carboxylic acids is 1. The van der Waals surface area contributed by atoms with Crippen LogP contribution < -0.4 is 0 Å². The van der Waals surface area contributed by atoms with Gasteiger partial charge in [0.15, 0.2) is 0 Å². The van der Waals surface area contributed by atoms with E-state index in [2.05, 4.69) is 0 Å². The fraction of sp³-hybridized carbons (Fsp3) is 0.625. The third-order valence-electron chi connectivity index (χ3n) is 1.34. The number of hydrogen-bond donors (Lipinski definition) is 2. The average molecular weight is 158 g/mol. The van der Waals surface area contributed by atoms with Crippen LogP contribution in [0.25, 0.3) is 0 Å². The van der Waals surface area contributed by atoms with Gasteiger partial charge in [-0.2, -0.15) is 0 Å². The predicted octanol–water partition coefficient (Wildman–Crippen LogP) is 1.18. The van der Waals surface area contributed by atoms with Gasteiger partial charge in [0, 0.05) is 0 Å². The first-order valence-electron chi connectivity index (χ1n) is 3.71. The molecule has 3 nitrogen and oxygen atoms in total. The lowest BCUT2D eigenvalue weighted by atomic mass is 10.2. The molecule has 0 radical (unpaired) electrons. The Morgan fingerprint density at radius 3 is 2.64 bits per heavy atom. The van der Waals surface area contributed by atoms with E-state index in [1.165, 1.54) is 0 Å². The summed E-state index contributed by atoms with van der Waals surface area (Å²) in [6.07, 6.45) is 4.21. The Bertz CT molecular complexity index is 140. The van der Waals surface area contributed by atoms with Gasteiger partial charge in [-0.15, -0.1) is 0 Å². The molecule has 0 aromatic carbocycles. The van der Waals surface area contributed by atoms with Crippen LogP contribution in [0.15, 0.2) is 12.2 Å². The molecule has 0 amide bonds.